The normalized spacial score (nSPS) is 20.9. The van der Waals surface area contributed by atoms with Crippen molar-refractivity contribution in [3.63, 3.8) is 0 Å². The second-order valence-corrected chi connectivity index (χ2v) is 5.33. The Bertz CT molecular complexity index is 293. The summed E-state index contributed by atoms with van der Waals surface area (Å²) in [6, 6.07) is 0. The molecule has 0 radical (unpaired) electrons. The third-order valence-corrected chi connectivity index (χ3v) is 3.91. The number of hydrogen-bond acceptors (Lipinski definition) is 3. The molecule has 4 heteroatoms. The van der Waals surface area contributed by atoms with E-state index < -0.39 is 11.3 Å². The number of amides is 1. The third kappa shape index (κ3) is 2.61. The van der Waals surface area contributed by atoms with Crippen LogP contribution in [0.25, 0.3) is 0 Å². The summed E-state index contributed by atoms with van der Waals surface area (Å²) in [7, 11) is 1.39. The van der Waals surface area contributed by atoms with E-state index in [1.54, 1.807) is 0 Å². The van der Waals surface area contributed by atoms with Crippen molar-refractivity contribution < 1.29 is 14.3 Å². The summed E-state index contributed by atoms with van der Waals surface area (Å²) in [5.74, 6) is -1.01. The maximum atomic E-state index is 12.1. The quantitative estimate of drug-likeness (QED) is 0.764. The molecule has 4 nitrogen and oxygen atoms in total. The highest BCUT2D eigenvalue weighted by molar-refractivity contribution is 5.87. The number of hydrogen-bond donors (Lipinski definition) is 1. The van der Waals surface area contributed by atoms with E-state index in [-0.39, 0.29) is 17.8 Å². The van der Waals surface area contributed by atoms with Crippen molar-refractivity contribution >= 4 is 11.9 Å². The molecule has 1 atom stereocenters. The molecule has 1 amide bonds. The fraction of sp³-hybridized carbons (Fsp3) is 0.846. The van der Waals surface area contributed by atoms with Crippen LogP contribution in [0.5, 0.6) is 0 Å². The minimum Gasteiger partial charge on any atom is -0.469 e. The van der Waals surface area contributed by atoms with E-state index in [1.165, 1.54) is 7.11 Å². The fourth-order valence-corrected chi connectivity index (χ4v) is 3.27. The summed E-state index contributed by atoms with van der Waals surface area (Å²) >= 11 is 0. The Labute approximate surface area is 103 Å². The molecule has 0 saturated heterocycles. The monoisotopic (exact) mass is 241 g/mol. The Balaban J connectivity index is 3.10. The average Bonchev–Trinajstić information content (AvgIpc) is 2.28. The lowest BCUT2D eigenvalue weighted by Crippen LogP contribution is -2.49. The Morgan fingerprint density at radius 3 is 2.06 bits per heavy atom. The molecule has 1 saturated carbocycles. The van der Waals surface area contributed by atoms with Crippen molar-refractivity contribution in [1.29, 1.82) is 0 Å². The van der Waals surface area contributed by atoms with Crippen molar-refractivity contribution in [2.24, 2.45) is 23.0 Å². The van der Waals surface area contributed by atoms with Gasteiger partial charge in [-0.1, -0.05) is 33.1 Å². The van der Waals surface area contributed by atoms with Crippen molar-refractivity contribution in [3.05, 3.63) is 0 Å². The minimum atomic E-state index is -0.687. The van der Waals surface area contributed by atoms with Gasteiger partial charge in [-0.15, -0.1) is 0 Å². The Hall–Kier alpha value is -1.06. The molecule has 1 aliphatic rings. The predicted molar refractivity (Wildman–Crippen MR) is 65.1 cm³/mol. The summed E-state index contributed by atoms with van der Waals surface area (Å²) in [5.41, 5.74) is 4.81. The number of rotatable bonds is 4. The predicted octanol–water partition coefficient (Wildman–Crippen LogP) is 1.87. The van der Waals surface area contributed by atoms with Crippen molar-refractivity contribution in [2.45, 2.75) is 46.0 Å². The third-order valence-electron chi connectivity index (χ3n) is 3.91. The molecule has 2 N–H and O–H groups in total. The molecule has 0 spiro atoms. The first-order valence-corrected chi connectivity index (χ1v) is 6.33. The lowest BCUT2D eigenvalue weighted by Gasteiger charge is -2.41. The number of methoxy groups -OCH3 is 1. The van der Waals surface area contributed by atoms with E-state index in [9.17, 15) is 9.59 Å². The van der Waals surface area contributed by atoms with E-state index >= 15 is 0 Å². The number of carbonyl (C=O) groups is 2. The van der Waals surface area contributed by atoms with E-state index in [0.29, 0.717) is 12.8 Å². The van der Waals surface area contributed by atoms with Gasteiger partial charge in [-0.05, 0) is 18.8 Å². The van der Waals surface area contributed by atoms with Gasteiger partial charge in [-0.25, -0.2) is 0 Å². The van der Waals surface area contributed by atoms with Crippen LogP contribution in [0, 0.1) is 17.3 Å². The molecule has 17 heavy (non-hydrogen) atoms. The zero-order valence-electron chi connectivity index (χ0n) is 11.0. The summed E-state index contributed by atoms with van der Waals surface area (Å²) in [4.78, 5) is 23.8. The molecule has 98 valence electrons. The lowest BCUT2D eigenvalue weighted by molar-refractivity contribution is -0.164. The van der Waals surface area contributed by atoms with E-state index in [1.807, 2.05) is 13.8 Å². The Morgan fingerprint density at radius 1 is 1.18 bits per heavy atom. The van der Waals surface area contributed by atoms with Crippen LogP contribution in [0.1, 0.15) is 46.0 Å². The van der Waals surface area contributed by atoms with E-state index in [2.05, 4.69) is 0 Å². The molecular weight excluding hydrogens is 218 g/mol. The SMILES string of the molecule is COC(=O)C1(C(C(N)=O)C(C)C)CCCCC1. The van der Waals surface area contributed by atoms with Crippen LogP contribution in [0.15, 0.2) is 0 Å². The topological polar surface area (TPSA) is 69.4 Å². The van der Waals surface area contributed by atoms with Gasteiger partial charge in [0.1, 0.15) is 0 Å². The van der Waals surface area contributed by atoms with Crippen LogP contribution in [-0.4, -0.2) is 19.0 Å². The highest BCUT2D eigenvalue weighted by Gasteiger charge is 2.50. The molecule has 0 bridgehead atoms. The zero-order chi connectivity index (χ0) is 13.1. The van der Waals surface area contributed by atoms with Crippen LogP contribution in [0.4, 0.5) is 0 Å². The van der Waals surface area contributed by atoms with Gasteiger partial charge in [0.05, 0.1) is 18.4 Å². The van der Waals surface area contributed by atoms with Crippen LogP contribution in [0.2, 0.25) is 0 Å². The molecule has 0 aromatic carbocycles. The van der Waals surface area contributed by atoms with Crippen LogP contribution >= 0.6 is 0 Å². The molecule has 0 aromatic heterocycles. The number of nitrogens with two attached hydrogens (primary N) is 1. The number of ether oxygens (including phenoxy) is 1. The molecular formula is C13H23NO3. The van der Waals surface area contributed by atoms with Crippen LogP contribution < -0.4 is 5.73 Å². The first-order valence-electron chi connectivity index (χ1n) is 6.33. The first kappa shape index (κ1) is 14.0. The highest BCUT2D eigenvalue weighted by atomic mass is 16.5. The Kier molecular flexibility index (Phi) is 4.54. The fourth-order valence-electron chi connectivity index (χ4n) is 3.27. The first-order chi connectivity index (χ1) is 7.95. The zero-order valence-corrected chi connectivity index (χ0v) is 11.0. The lowest BCUT2D eigenvalue weighted by atomic mass is 9.62. The molecule has 1 fully saturated rings. The minimum absolute atomic E-state index is 0.0599. The summed E-state index contributed by atoms with van der Waals surface area (Å²) in [6.45, 7) is 3.88. The van der Waals surface area contributed by atoms with Crippen molar-refractivity contribution in [3.8, 4) is 0 Å². The maximum Gasteiger partial charge on any atom is 0.312 e. The van der Waals surface area contributed by atoms with Gasteiger partial charge in [-0.2, -0.15) is 0 Å². The molecule has 1 unspecified atom stereocenters. The molecule has 1 aliphatic carbocycles. The maximum absolute atomic E-state index is 12.1. The van der Waals surface area contributed by atoms with Crippen LogP contribution in [-0.2, 0) is 14.3 Å². The molecule has 1 rings (SSSR count). The van der Waals surface area contributed by atoms with Crippen molar-refractivity contribution in [1.82, 2.24) is 0 Å². The number of primary amides is 1. The van der Waals surface area contributed by atoms with Gasteiger partial charge >= 0.3 is 5.97 Å². The van der Waals surface area contributed by atoms with E-state index in [4.69, 9.17) is 10.5 Å². The van der Waals surface area contributed by atoms with Crippen LogP contribution in [0.3, 0.4) is 0 Å². The van der Waals surface area contributed by atoms with Gasteiger partial charge in [0.25, 0.3) is 0 Å². The molecule has 0 aliphatic heterocycles. The van der Waals surface area contributed by atoms with Gasteiger partial charge < -0.3 is 10.5 Å². The average molecular weight is 241 g/mol. The highest BCUT2D eigenvalue weighted by Crippen LogP contribution is 2.46. The number of esters is 1. The molecule has 0 aromatic rings. The van der Waals surface area contributed by atoms with Gasteiger partial charge in [0.2, 0.25) is 5.91 Å². The van der Waals surface area contributed by atoms with E-state index in [0.717, 1.165) is 19.3 Å². The summed E-state index contributed by atoms with van der Waals surface area (Å²) < 4.78 is 4.93. The van der Waals surface area contributed by atoms with Crippen molar-refractivity contribution in [2.75, 3.05) is 7.11 Å². The largest absolute Gasteiger partial charge is 0.469 e. The van der Waals surface area contributed by atoms with Gasteiger partial charge in [-0.3, -0.25) is 9.59 Å². The summed E-state index contributed by atoms with van der Waals surface area (Å²) in [6.07, 6.45) is 4.47. The van der Waals surface area contributed by atoms with Gasteiger partial charge in [0.15, 0.2) is 0 Å². The van der Waals surface area contributed by atoms with Gasteiger partial charge in [0, 0.05) is 0 Å². The standard InChI is InChI=1S/C13H23NO3/c1-9(2)10(11(14)15)13(12(16)17-3)7-5-4-6-8-13/h9-10H,4-8H2,1-3H3,(H2,14,15). The second kappa shape index (κ2) is 5.52. The smallest absolute Gasteiger partial charge is 0.312 e. The Morgan fingerprint density at radius 2 is 1.71 bits per heavy atom. The molecule has 0 heterocycles. The number of carbonyl (C=O) groups excluding carboxylic acids is 2. The summed E-state index contributed by atoms with van der Waals surface area (Å²) in [5, 5.41) is 0. The second-order valence-electron chi connectivity index (χ2n) is 5.33.